The van der Waals surface area contributed by atoms with E-state index in [0.29, 0.717) is 6.54 Å². The van der Waals surface area contributed by atoms with Crippen LogP contribution >= 0.6 is 12.4 Å². The summed E-state index contributed by atoms with van der Waals surface area (Å²) < 4.78 is 39.9. The van der Waals surface area contributed by atoms with E-state index in [4.69, 9.17) is 5.26 Å². The van der Waals surface area contributed by atoms with Crippen molar-refractivity contribution in [2.24, 2.45) is 0 Å². The molecule has 1 aromatic rings. The van der Waals surface area contributed by atoms with Crippen LogP contribution in [0, 0.1) is 17.1 Å². The van der Waals surface area contributed by atoms with E-state index in [2.05, 4.69) is 10.0 Å². The number of nitrogens with zero attached hydrogens (tertiary/aromatic N) is 1. The first-order valence-corrected chi connectivity index (χ1v) is 7.44. The Kier molecular flexibility index (Phi) is 5.89. The smallest absolute Gasteiger partial charge is 0.240 e. The topological polar surface area (TPSA) is 82.0 Å². The fraction of sp³-hybridized carbons (Fsp3) is 0.417. The molecule has 0 amide bonds. The van der Waals surface area contributed by atoms with E-state index in [1.54, 1.807) is 6.07 Å². The van der Waals surface area contributed by atoms with Crippen molar-refractivity contribution in [3.8, 4) is 6.07 Å². The monoisotopic (exact) mass is 319 g/mol. The SMILES string of the molecule is Cl.N#Cc1cc(S(=O)(=O)N[C@@H]2CCCNC2)ccc1F. The van der Waals surface area contributed by atoms with Crippen LogP contribution in [0.15, 0.2) is 23.1 Å². The van der Waals surface area contributed by atoms with E-state index >= 15 is 0 Å². The van der Waals surface area contributed by atoms with E-state index in [0.717, 1.165) is 37.6 Å². The van der Waals surface area contributed by atoms with Crippen LogP contribution in [0.4, 0.5) is 4.39 Å². The summed E-state index contributed by atoms with van der Waals surface area (Å²) in [6.45, 7) is 1.46. The van der Waals surface area contributed by atoms with Gasteiger partial charge in [0, 0.05) is 12.6 Å². The van der Waals surface area contributed by atoms with E-state index < -0.39 is 15.8 Å². The Hall–Kier alpha value is -1.20. The Labute approximate surface area is 123 Å². The van der Waals surface area contributed by atoms with Gasteiger partial charge in [-0.3, -0.25) is 0 Å². The number of rotatable bonds is 3. The predicted octanol–water partition coefficient (Wildman–Crippen LogP) is 1.15. The molecule has 20 heavy (non-hydrogen) atoms. The molecule has 1 heterocycles. The molecule has 2 N–H and O–H groups in total. The number of benzene rings is 1. The first kappa shape index (κ1) is 16.9. The van der Waals surface area contributed by atoms with E-state index in [1.807, 2.05) is 0 Å². The van der Waals surface area contributed by atoms with Crippen molar-refractivity contribution in [1.29, 1.82) is 5.26 Å². The van der Waals surface area contributed by atoms with Crippen LogP contribution in [0.1, 0.15) is 18.4 Å². The zero-order chi connectivity index (χ0) is 13.9. The maximum atomic E-state index is 13.2. The highest BCUT2D eigenvalue weighted by molar-refractivity contribution is 7.89. The van der Waals surface area contributed by atoms with Crippen molar-refractivity contribution < 1.29 is 12.8 Å². The van der Waals surface area contributed by atoms with Gasteiger partial charge < -0.3 is 5.32 Å². The van der Waals surface area contributed by atoms with E-state index in [9.17, 15) is 12.8 Å². The molecular formula is C12H15ClFN3O2S. The second-order valence-corrected chi connectivity index (χ2v) is 6.13. The van der Waals surface area contributed by atoms with Crippen LogP contribution in [-0.4, -0.2) is 27.5 Å². The minimum Gasteiger partial charge on any atom is -0.315 e. The Bertz CT molecular complexity index is 610. The molecule has 5 nitrogen and oxygen atoms in total. The van der Waals surface area contributed by atoms with Gasteiger partial charge in [0.2, 0.25) is 10.0 Å². The summed E-state index contributed by atoms with van der Waals surface area (Å²) in [6.07, 6.45) is 1.67. The largest absolute Gasteiger partial charge is 0.315 e. The highest BCUT2D eigenvalue weighted by Gasteiger charge is 2.22. The predicted molar refractivity (Wildman–Crippen MR) is 74.6 cm³/mol. The molecule has 1 aromatic carbocycles. The summed E-state index contributed by atoms with van der Waals surface area (Å²) in [7, 11) is -3.72. The minimum absolute atomic E-state index is 0. The second-order valence-electron chi connectivity index (χ2n) is 4.42. The van der Waals surface area contributed by atoms with Crippen molar-refractivity contribution in [2.45, 2.75) is 23.8 Å². The summed E-state index contributed by atoms with van der Waals surface area (Å²) in [4.78, 5) is -0.0870. The van der Waals surface area contributed by atoms with Crippen LogP contribution in [0.25, 0.3) is 0 Å². The third kappa shape index (κ3) is 3.90. The molecule has 0 saturated carbocycles. The second kappa shape index (κ2) is 6.99. The Morgan fingerprint density at radius 3 is 2.80 bits per heavy atom. The van der Waals surface area contributed by atoms with Gasteiger partial charge in [0.05, 0.1) is 10.5 Å². The summed E-state index contributed by atoms with van der Waals surface area (Å²) in [5, 5.41) is 11.8. The first-order valence-electron chi connectivity index (χ1n) is 5.95. The molecule has 1 aliphatic rings. The molecule has 1 saturated heterocycles. The molecule has 0 unspecified atom stereocenters. The molecule has 110 valence electrons. The molecule has 0 aliphatic carbocycles. The van der Waals surface area contributed by atoms with Gasteiger partial charge in [-0.2, -0.15) is 5.26 Å². The maximum Gasteiger partial charge on any atom is 0.240 e. The molecule has 0 bridgehead atoms. The first-order chi connectivity index (χ1) is 9.03. The maximum absolute atomic E-state index is 13.2. The molecule has 0 aromatic heterocycles. The van der Waals surface area contributed by atoms with Crippen LogP contribution in [0.2, 0.25) is 0 Å². The zero-order valence-corrected chi connectivity index (χ0v) is 12.2. The van der Waals surface area contributed by atoms with Crippen LogP contribution in [0.3, 0.4) is 0 Å². The molecule has 2 rings (SSSR count). The van der Waals surface area contributed by atoms with Crippen LogP contribution in [-0.2, 0) is 10.0 Å². The molecule has 8 heteroatoms. The van der Waals surface area contributed by atoms with E-state index in [1.165, 1.54) is 0 Å². The normalized spacial score (nSPS) is 18.9. The van der Waals surface area contributed by atoms with Gasteiger partial charge in [-0.15, -0.1) is 12.4 Å². The van der Waals surface area contributed by atoms with Crippen LogP contribution in [0.5, 0.6) is 0 Å². The standard InChI is InChI=1S/C12H14FN3O2S.ClH/c13-12-4-3-11(6-9(12)7-14)19(17,18)16-10-2-1-5-15-8-10;/h3-4,6,10,15-16H,1-2,5,8H2;1H/t10-;/m1./s1. The van der Waals surface area contributed by atoms with Gasteiger partial charge in [-0.1, -0.05) is 0 Å². The third-order valence-electron chi connectivity index (χ3n) is 2.99. The van der Waals surface area contributed by atoms with Crippen LogP contribution < -0.4 is 10.0 Å². The van der Waals surface area contributed by atoms with Gasteiger partial charge in [0.15, 0.2) is 0 Å². The number of hydrogen-bond donors (Lipinski definition) is 2. The number of sulfonamides is 1. The van der Waals surface area contributed by atoms with Gasteiger partial charge >= 0.3 is 0 Å². The molecule has 1 atom stereocenters. The average Bonchev–Trinajstić information content (AvgIpc) is 2.39. The minimum atomic E-state index is -3.72. The van der Waals surface area contributed by atoms with Crippen molar-refractivity contribution in [2.75, 3.05) is 13.1 Å². The molecule has 0 radical (unpaired) electrons. The number of hydrogen-bond acceptors (Lipinski definition) is 4. The summed E-state index contributed by atoms with van der Waals surface area (Å²) in [5.74, 6) is -0.721. The van der Waals surface area contributed by atoms with Gasteiger partial charge in [-0.25, -0.2) is 17.5 Å². The number of halogens is 2. The van der Waals surface area contributed by atoms with Gasteiger partial charge in [0.25, 0.3) is 0 Å². The third-order valence-corrected chi connectivity index (χ3v) is 4.51. The quantitative estimate of drug-likeness (QED) is 0.875. The highest BCUT2D eigenvalue weighted by atomic mass is 35.5. The summed E-state index contributed by atoms with van der Waals surface area (Å²) in [6, 6.07) is 4.66. The summed E-state index contributed by atoms with van der Waals surface area (Å²) >= 11 is 0. The van der Waals surface area contributed by atoms with Gasteiger partial charge in [-0.05, 0) is 37.6 Å². The summed E-state index contributed by atoms with van der Waals surface area (Å²) in [5.41, 5.74) is -0.273. The molecular weight excluding hydrogens is 305 g/mol. The Balaban J connectivity index is 0.00000200. The Morgan fingerprint density at radius 2 is 2.20 bits per heavy atom. The van der Waals surface area contributed by atoms with E-state index in [-0.39, 0.29) is 28.9 Å². The fourth-order valence-corrected chi connectivity index (χ4v) is 3.29. The lowest BCUT2D eigenvalue weighted by molar-refractivity contribution is 0.428. The Morgan fingerprint density at radius 1 is 1.45 bits per heavy atom. The lowest BCUT2D eigenvalue weighted by Gasteiger charge is -2.23. The van der Waals surface area contributed by atoms with Crippen molar-refractivity contribution >= 4 is 22.4 Å². The number of nitriles is 1. The number of piperidine rings is 1. The van der Waals surface area contributed by atoms with Crippen molar-refractivity contribution in [3.05, 3.63) is 29.6 Å². The number of nitrogens with one attached hydrogen (secondary N) is 2. The van der Waals surface area contributed by atoms with Crippen molar-refractivity contribution in [3.63, 3.8) is 0 Å². The lowest BCUT2D eigenvalue weighted by Crippen LogP contribution is -2.45. The lowest BCUT2D eigenvalue weighted by atomic mass is 10.1. The van der Waals surface area contributed by atoms with Gasteiger partial charge in [0.1, 0.15) is 11.9 Å². The molecule has 1 fully saturated rings. The zero-order valence-electron chi connectivity index (χ0n) is 10.6. The molecule has 0 spiro atoms. The molecule has 1 aliphatic heterocycles. The average molecular weight is 320 g/mol. The fourth-order valence-electron chi connectivity index (χ4n) is 2.00. The van der Waals surface area contributed by atoms with Crippen molar-refractivity contribution in [1.82, 2.24) is 10.0 Å². The highest BCUT2D eigenvalue weighted by Crippen LogP contribution is 2.15.